The average Bonchev–Trinajstić information content (AvgIpc) is 2.68. The lowest BCUT2D eigenvalue weighted by Gasteiger charge is -2.37. The highest BCUT2D eigenvalue weighted by Crippen LogP contribution is 2.29. The maximum atomic E-state index is 13.3. The number of hydrogen-bond donors (Lipinski definition) is 2. The molecule has 0 saturated carbocycles. The van der Waals surface area contributed by atoms with Crippen molar-refractivity contribution in [1.29, 1.82) is 0 Å². The predicted molar refractivity (Wildman–Crippen MR) is 93.7 cm³/mol. The number of nitrogens with zero attached hydrogens (tertiary/aromatic N) is 2. The zero-order chi connectivity index (χ0) is 20.3. The molecule has 9 nitrogen and oxygen atoms in total. The number of hydrogen-bond acceptors (Lipinski definition) is 7. The Morgan fingerprint density at radius 3 is 2.61 bits per heavy atom. The zero-order valence-electron chi connectivity index (χ0n) is 15.1. The Morgan fingerprint density at radius 2 is 1.96 bits per heavy atom. The van der Waals surface area contributed by atoms with Gasteiger partial charge in [0.15, 0.2) is 0 Å². The molecule has 2 unspecified atom stereocenters. The van der Waals surface area contributed by atoms with Gasteiger partial charge in [-0.1, -0.05) is 11.3 Å². The van der Waals surface area contributed by atoms with Gasteiger partial charge in [-0.05, 0) is 31.4 Å². The zero-order valence-corrected chi connectivity index (χ0v) is 15.9. The molecule has 0 bridgehead atoms. The molecule has 156 valence electrons. The highest BCUT2D eigenvalue weighted by atomic mass is 32.2. The van der Waals surface area contributed by atoms with Crippen LogP contribution in [0, 0.1) is 11.7 Å². The van der Waals surface area contributed by atoms with Crippen molar-refractivity contribution in [1.82, 2.24) is 9.53 Å². The second-order valence-electron chi connectivity index (χ2n) is 6.85. The third kappa shape index (κ3) is 4.61. The summed E-state index contributed by atoms with van der Waals surface area (Å²) in [5, 5.41) is 16.3. The Kier molecular flexibility index (Phi) is 6.50. The van der Waals surface area contributed by atoms with E-state index in [0.717, 1.165) is 0 Å². The van der Waals surface area contributed by atoms with Gasteiger partial charge in [-0.25, -0.2) is 17.1 Å². The fourth-order valence-electron chi connectivity index (χ4n) is 3.58. The van der Waals surface area contributed by atoms with Gasteiger partial charge in [0.25, 0.3) is 5.91 Å². The SMILES string of the molecule is O=C(C1COCCC1S(=O)(=O)N1CCC(Oc2cccc(F)c2)CC1)N(O)O. The second kappa shape index (κ2) is 8.70. The van der Waals surface area contributed by atoms with Gasteiger partial charge in [0.05, 0.1) is 17.8 Å². The summed E-state index contributed by atoms with van der Waals surface area (Å²) in [4.78, 5) is 11.9. The normalized spacial score (nSPS) is 24.7. The summed E-state index contributed by atoms with van der Waals surface area (Å²) in [6.45, 7) is 0.369. The third-order valence-electron chi connectivity index (χ3n) is 5.05. The van der Waals surface area contributed by atoms with Crippen molar-refractivity contribution in [3.05, 3.63) is 30.1 Å². The molecule has 2 saturated heterocycles. The number of amides is 1. The first-order valence-corrected chi connectivity index (χ1v) is 10.5. The number of hydroxylamine groups is 2. The van der Waals surface area contributed by atoms with Gasteiger partial charge >= 0.3 is 0 Å². The monoisotopic (exact) mass is 418 g/mol. The number of ether oxygens (including phenoxy) is 2. The highest BCUT2D eigenvalue weighted by Gasteiger charge is 2.45. The summed E-state index contributed by atoms with van der Waals surface area (Å²) in [5.41, 5.74) is 0. The van der Waals surface area contributed by atoms with E-state index in [2.05, 4.69) is 0 Å². The standard InChI is InChI=1S/C17H23FN2O7S/c18-12-2-1-3-14(10-12)27-13-4-7-19(8-5-13)28(24,25)16-6-9-26-11-15(16)17(21)20(22)23/h1-3,10,13,15-16,22-23H,4-9,11H2. The number of sulfonamides is 1. The van der Waals surface area contributed by atoms with Crippen LogP contribution in [0.3, 0.4) is 0 Å². The lowest BCUT2D eigenvalue weighted by Crippen LogP contribution is -2.53. The van der Waals surface area contributed by atoms with Crippen LogP contribution in [0.2, 0.25) is 0 Å². The van der Waals surface area contributed by atoms with Gasteiger partial charge in [0, 0.05) is 25.8 Å². The number of piperidine rings is 1. The Hall–Kier alpha value is -1.79. The molecule has 2 atom stereocenters. The van der Waals surface area contributed by atoms with Crippen molar-refractivity contribution in [2.24, 2.45) is 5.92 Å². The van der Waals surface area contributed by atoms with Crippen molar-refractivity contribution >= 4 is 15.9 Å². The minimum absolute atomic E-state index is 0.0896. The minimum atomic E-state index is -3.85. The number of carbonyl (C=O) groups is 1. The minimum Gasteiger partial charge on any atom is -0.490 e. The molecule has 0 spiro atoms. The molecule has 0 radical (unpaired) electrons. The summed E-state index contributed by atoms with van der Waals surface area (Å²) in [5.74, 6) is -2.32. The molecule has 1 aromatic rings. The molecule has 1 aromatic carbocycles. The van der Waals surface area contributed by atoms with Crippen LogP contribution in [-0.4, -0.2) is 71.9 Å². The van der Waals surface area contributed by atoms with Crippen molar-refractivity contribution in [2.45, 2.75) is 30.6 Å². The van der Waals surface area contributed by atoms with Crippen LogP contribution in [0.25, 0.3) is 0 Å². The summed E-state index contributed by atoms with van der Waals surface area (Å²) >= 11 is 0. The van der Waals surface area contributed by atoms with Gasteiger partial charge in [-0.3, -0.25) is 15.2 Å². The molecular weight excluding hydrogens is 395 g/mol. The third-order valence-corrected chi connectivity index (χ3v) is 7.46. The van der Waals surface area contributed by atoms with Crippen molar-refractivity contribution in [2.75, 3.05) is 26.3 Å². The largest absolute Gasteiger partial charge is 0.490 e. The molecule has 28 heavy (non-hydrogen) atoms. The summed E-state index contributed by atoms with van der Waals surface area (Å²) in [6, 6.07) is 5.77. The van der Waals surface area contributed by atoms with Crippen LogP contribution in [0.1, 0.15) is 19.3 Å². The van der Waals surface area contributed by atoms with Crippen LogP contribution < -0.4 is 4.74 Å². The molecule has 2 fully saturated rings. The average molecular weight is 418 g/mol. The van der Waals surface area contributed by atoms with Gasteiger partial charge in [-0.15, -0.1) is 0 Å². The smallest absolute Gasteiger partial charge is 0.279 e. The van der Waals surface area contributed by atoms with E-state index >= 15 is 0 Å². The van der Waals surface area contributed by atoms with Gasteiger partial charge in [0.1, 0.15) is 17.7 Å². The molecule has 2 aliphatic rings. The molecule has 0 aromatic heterocycles. The maximum absolute atomic E-state index is 13.3. The van der Waals surface area contributed by atoms with Gasteiger partial charge in [0.2, 0.25) is 10.0 Å². The molecule has 2 aliphatic heterocycles. The molecule has 3 rings (SSSR count). The van der Waals surface area contributed by atoms with E-state index in [9.17, 15) is 17.6 Å². The second-order valence-corrected chi connectivity index (χ2v) is 9.01. The molecule has 2 heterocycles. The maximum Gasteiger partial charge on any atom is 0.279 e. The Balaban J connectivity index is 1.64. The number of rotatable bonds is 5. The van der Waals surface area contributed by atoms with E-state index in [-0.39, 0.29) is 38.8 Å². The highest BCUT2D eigenvalue weighted by molar-refractivity contribution is 7.89. The molecular formula is C17H23FN2O7S. The lowest BCUT2D eigenvalue weighted by molar-refractivity contribution is -0.289. The van der Waals surface area contributed by atoms with E-state index < -0.39 is 38.1 Å². The van der Waals surface area contributed by atoms with E-state index in [1.54, 1.807) is 6.07 Å². The Morgan fingerprint density at radius 1 is 1.25 bits per heavy atom. The lowest BCUT2D eigenvalue weighted by atomic mass is 10.0. The molecule has 2 N–H and O–H groups in total. The predicted octanol–water partition coefficient (Wildman–Crippen LogP) is 1.01. The summed E-state index contributed by atoms with van der Waals surface area (Å²) < 4.78 is 51.5. The fraction of sp³-hybridized carbons (Fsp3) is 0.588. The summed E-state index contributed by atoms with van der Waals surface area (Å²) in [7, 11) is -3.85. The fourth-order valence-corrected chi connectivity index (χ4v) is 5.69. The van der Waals surface area contributed by atoms with Gasteiger partial charge in [-0.2, -0.15) is 0 Å². The van der Waals surface area contributed by atoms with E-state index in [1.165, 1.54) is 22.5 Å². The van der Waals surface area contributed by atoms with Crippen LogP contribution in [0.5, 0.6) is 5.75 Å². The Bertz CT molecular complexity index is 796. The first-order chi connectivity index (χ1) is 13.3. The Labute approximate surface area is 162 Å². The van der Waals surface area contributed by atoms with Crippen molar-refractivity contribution in [3.8, 4) is 5.75 Å². The van der Waals surface area contributed by atoms with Crippen LogP contribution in [0.15, 0.2) is 24.3 Å². The number of benzene rings is 1. The van der Waals surface area contributed by atoms with Crippen molar-refractivity contribution in [3.63, 3.8) is 0 Å². The van der Waals surface area contributed by atoms with E-state index in [4.69, 9.17) is 19.9 Å². The first-order valence-electron chi connectivity index (χ1n) is 8.99. The quantitative estimate of drug-likeness (QED) is 0.541. The first kappa shape index (κ1) is 20.9. The van der Waals surface area contributed by atoms with Crippen LogP contribution in [-0.2, 0) is 19.6 Å². The summed E-state index contributed by atoms with van der Waals surface area (Å²) in [6.07, 6.45) is 0.686. The van der Waals surface area contributed by atoms with Crippen molar-refractivity contribution < 1.29 is 37.5 Å². The topological polar surface area (TPSA) is 117 Å². The molecule has 11 heteroatoms. The van der Waals surface area contributed by atoms with Crippen LogP contribution in [0.4, 0.5) is 4.39 Å². The number of carbonyl (C=O) groups excluding carboxylic acids is 1. The van der Waals surface area contributed by atoms with E-state index in [0.29, 0.717) is 18.6 Å². The van der Waals surface area contributed by atoms with Gasteiger partial charge < -0.3 is 9.47 Å². The van der Waals surface area contributed by atoms with E-state index in [1.807, 2.05) is 0 Å². The number of halogens is 1. The molecule has 0 aliphatic carbocycles. The van der Waals surface area contributed by atoms with Crippen LogP contribution >= 0.6 is 0 Å². The molecule has 1 amide bonds.